The van der Waals surface area contributed by atoms with Crippen LogP contribution in [0.5, 0.6) is 0 Å². The molecule has 1 unspecified atom stereocenters. The summed E-state index contributed by atoms with van der Waals surface area (Å²) in [6, 6.07) is 15.2. The van der Waals surface area contributed by atoms with Crippen LogP contribution in [-0.4, -0.2) is 27.9 Å². The molecule has 0 bridgehead atoms. The lowest BCUT2D eigenvalue weighted by atomic mass is 10.1. The van der Waals surface area contributed by atoms with Crippen LogP contribution in [0.4, 0.5) is 0 Å². The van der Waals surface area contributed by atoms with Crippen molar-refractivity contribution in [3.05, 3.63) is 82.7 Å². The molecule has 2 aromatic heterocycles. The molecule has 2 N–H and O–H groups in total. The molecule has 30 heavy (non-hydrogen) atoms. The summed E-state index contributed by atoms with van der Waals surface area (Å²) in [5.74, 6) is -0.625. The fourth-order valence-corrected chi connectivity index (χ4v) is 4.56. The maximum absolute atomic E-state index is 12.5. The van der Waals surface area contributed by atoms with Gasteiger partial charge >= 0.3 is 0 Å². The topological polar surface area (TPSA) is 76.0 Å². The molecule has 0 radical (unpaired) electrons. The molecule has 6 nitrogen and oxygen atoms in total. The Morgan fingerprint density at radius 1 is 1.17 bits per heavy atom. The Labute approximate surface area is 182 Å². The van der Waals surface area contributed by atoms with E-state index >= 15 is 0 Å². The third-order valence-corrected chi connectivity index (χ3v) is 6.40. The van der Waals surface area contributed by atoms with E-state index in [9.17, 15) is 9.59 Å². The number of carbonyl (C=O) groups is 2. The summed E-state index contributed by atoms with van der Waals surface area (Å²) in [5.41, 5.74) is 1.95. The zero-order valence-electron chi connectivity index (χ0n) is 16.1. The Morgan fingerprint density at radius 2 is 1.93 bits per heavy atom. The van der Waals surface area contributed by atoms with Crippen molar-refractivity contribution in [1.82, 2.24) is 20.2 Å². The van der Waals surface area contributed by atoms with Gasteiger partial charge in [-0.15, -0.1) is 11.3 Å². The molecule has 0 fully saturated rings. The molecular weight excluding hydrogens is 420 g/mol. The third-order valence-electron chi connectivity index (χ3n) is 4.72. The normalized spacial score (nSPS) is 11.9. The first-order valence-corrected chi connectivity index (χ1v) is 10.6. The van der Waals surface area contributed by atoms with Crippen LogP contribution >= 0.6 is 22.9 Å². The van der Waals surface area contributed by atoms with E-state index in [1.165, 1.54) is 11.3 Å². The van der Waals surface area contributed by atoms with Crippen LogP contribution in [0, 0.1) is 0 Å². The second-order valence-electron chi connectivity index (χ2n) is 6.77. The Kier molecular flexibility index (Phi) is 5.83. The molecule has 0 spiro atoms. The maximum Gasteiger partial charge on any atom is 0.263 e. The lowest BCUT2D eigenvalue weighted by molar-refractivity contribution is -0.120. The number of nitrogens with zero attached hydrogens (tertiary/aromatic N) is 2. The first-order valence-electron chi connectivity index (χ1n) is 9.36. The van der Waals surface area contributed by atoms with Crippen LogP contribution in [-0.2, 0) is 4.79 Å². The van der Waals surface area contributed by atoms with E-state index in [-0.39, 0.29) is 24.4 Å². The number of hydrogen-bond acceptors (Lipinski definition) is 4. The van der Waals surface area contributed by atoms with Crippen LogP contribution in [0.2, 0.25) is 5.02 Å². The predicted molar refractivity (Wildman–Crippen MR) is 119 cm³/mol. The molecule has 0 saturated carbocycles. The van der Waals surface area contributed by atoms with Gasteiger partial charge in [0.2, 0.25) is 5.91 Å². The molecule has 2 aromatic carbocycles. The van der Waals surface area contributed by atoms with E-state index in [1.807, 2.05) is 66.2 Å². The highest BCUT2D eigenvalue weighted by atomic mass is 35.5. The number of carbonyl (C=O) groups excluding carboxylic acids is 2. The van der Waals surface area contributed by atoms with Crippen molar-refractivity contribution < 1.29 is 9.59 Å². The van der Waals surface area contributed by atoms with Gasteiger partial charge in [-0.3, -0.25) is 9.59 Å². The lowest BCUT2D eigenvalue weighted by Gasteiger charge is -2.15. The molecule has 4 aromatic rings. The van der Waals surface area contributed by atoms with Gasteiger partial charge in [-0.2, -0.15) is 0 Å². The van der Waals surface area contributed by atoms with Crippen LogP contribution in [0.1, 0.15) is 28.2 Å². The number of benzene rings is 2. The minimum Gasteiger partial charge on any atom is -0.348 e. The van der Waals surface area contributed by atoms with Crippen LogP contribution in [0.15, 0.2) is 67.3 Å². The van der Waals surface area contributed by atoms with E-state index in [0.717, 1.165) is 21.3 Å². The standard InChI is InChI=1S/C22H19ClN4O2S/c1-14(15-6-8-16(9-7-15)27-11-10-24-13-27)26-19(28)12-25-22(29)21-20(23)17-4-2-3-5-18(17)30-21/h2-11,13-14H,12H2,1H3,(H,25,29)(H,26,28). The molecule has 0 aliphatic rings. The highest BCUT2D eigenvalue weighted by molar-refractivity contribution is 7.21. The van der Waals surface area contributed by atoms with Crippen molar-refractivity contribution in [2.45, 2.75) is 13.0 Å². The van der Waals surface area contributed by atoms with Crippen LogP contribution in [0.3, 0.4) is 0 Å². The summed E-state index contributed by atoms with van der Waals surface area (Å²) < 4.78 is 2.84. The molecule has 0 saturated heterocycles. The largest absolute Gasteiger partial charge is 0.348 e. The van der Waals surface area contributed by atoms with Gasteiger partial charge < -0.3 is 15.2 Å². The number of halogens is 1. The smallest absolute Gasteiger partial charge is 0.263 e. The summed E-state index contributed by atoms with van der Waals surface area (Å²) in [4.78, 5) is 29.2. The summed E-state index contributed by atoms with van der Waals surface area (Å²) in [7, 11) is 0. The van der Waals surface area contributed by atoms with Gasteiger partial charge in [0.25, 0.3) is 5.91 Å². The van der Waals surface area contributed by atoms with Crippen molar-refractivity contribution >= 4 is 44.8 Å². The van der Waals surface area contributed by atoms with E-state index < -0.39 is 0 Å². The Balaban J connectivity index is 1.33. The maximum atomic E-state index is 12.5. The van der Waals surface area contributed by atoms with E-state index in [0.29, 0.717) is 9.90 Å². The van der Waals surface area contributed by atoms with E-state index in [1.54, 1.807) is 12.5 Å². The monoisotopic (exact) mass is 438 g/mol. The second-order valence-corrected chi connectivity index (χ2v) is 8.20. The first kappa shape index (κ1) is 20.1. The SMILES string of the molecule is CC(NC(=O)CNC(=O)c1sc2ccccc2c1Cl)c1ccc(-n2ccnc2)cc1. The van der Waals surface area contributed by atoms with Gasteiger partial charge in [-0.05, 0) is 30.7 Å². The summed E-state index contributed by atoms with van der Waals surface area (Å²) in [6.07, 6.45) is 5.31. The number of aromatic nitrogens is 2. The molecule has 1 atom stereocenters. The van der Waals surface area contributed by atoms with Crippen molar-refractivity contribution in [2.75, 3.05) is 6.54 Å². The molecule has 2 heterocycles. The molecular formula is C22H19ClN4O2S. The third kappa shape index (κ3) is 4.22. The van der Waals surface area contributed by atoms with E-state index in [4.69, 9.17) is 11.6 Å². The highest BCUT2D eigenvalue weighted by Gasteiger charge is 2.18. The average molecular weight is 439 g/mol. The number of nitrogens with one attached hydrogen (secondary N) is 2. The molecule has 2 amide bonds. The summed E-state index contributed by atoms with van der Waals surface area (Å²) in [6.45, 7) is 1.77. The number of thiophene rings is 1. The van der Waals surface area contributed by atoms with Gasteiger partial charge in [-0.1, -0.05) is 41.9 Å². The number of rotatable bonds is 6. The zero-order valence-corrected chi connectivity index (χ0v) is 17.7. The van der Waals surface area contributed by atoms with Crippen LogP contribution < -0.4 is 10.6 Å². The van der Waals surface area contributed by atoms with Crippen molar-refractivity contribution in [3.8, 4) is 5.69 Å². The summed E-state index contributed by atoms with van der Waals surface area (Å²) in [5, 5.41) is 6.80. The van der Waals surface area contributed by atoms with Crippen LogP contribution in [0.25, 0.3) is 15.8 Å². The number of amides is 2. The Morgan fingerprint density at radius 3 is 2.63 bits per heavy atom. The molecule has 8 heteroatoms. The Hall–Kier alpha value is -3.16. The fourth-order valence-electron chi connectivity index (χ4n) is 3.12. The number of imidazole rings is 1. The predicted octanol–water partition coefficient (Wildman–Crippen LogP) is 4.35. The molecule has 152 valence electrons. The molecule has 0 aliphatic heterocycles. The average Bonchev–Trinajstić information content (AvgIpc) is 3.41. The van der Waals surface area contributed by atoms with Gasteiger partial charge in [-0.25, -0.2) is 4.98 Å². The Bertz CT molecular complexity index is 1190. The van der Waals surface area contributed by atoms with E-state index in [2.05, 4.69) is 15.6 Å². The number of fused-ring (bicyclic) bond motifs is 1. The first-order chi connectivity index (χ1) is 14.5. The minimum absolute atomic E-state index is 0.124. The quantitative estimate of drug-likeness (QED) is 0.470. The van der Waals surface area contributed by atoms with Crippen molar-refractivity contribution in [1.29, 1.82) is 0 Å². The fraction of sp³-hybridized carbons (Fsp3) is 0.136. The molecule has 4 rings (SSSR count). The lowest BCUT2D eigenvalue weighted by Crippen LogP contribution is -2.37. The highest BCUT2D eigenvalue weighted by Crippen LogP contribution is 2.34. The van der Waals surface area contributed by atoms with Gasteiger partial charge in [0.15, 0.2) is 0 Å². The summed E-state index contributed by atoms with van der Waals surface area (Å²) >= 11 is 7.64. The second kappa shape index (κ2) is 8.69. The van der Waals surface area contributed by atoms with Gasteiger partial charge in [0, 0.05) is 28.2 Å². The molecule has 0 aliphatic carbocycles. The van der Waals surface area contributed by atoms with Crippen molar-refractivity contribution in [2.24, 2.45) is 0 Å². The zero-order chi connectivity index (χ0) is 21.1. The van der Waals surface area contributed by atoms with Crippen molar-refractivity contribution in [3.63, 3.8) is 0 Å². The number of hydrogen-bond donors (Lipinski definition) is 2. The minimum atomic E-state index is -0.353. The van der Waals surface area contributed by atoms with Gasteiger partial charge in [0.05, 0.1) is 23.9 Å². The van der Waals surface area contributed by atoms with Gasteiger partial charge in [0.1, 0.15) is 4.88 Å².